The van der Waals surface area contributed by atoms with E-state index in [9.17, 15) is 0 Å². The van der Waals surface area contributed by atoms with Gasteiger partial charge in [-0.1, -0.05) is 207 Å². The number of fused-ring (bicyclic) bond motifs is 4. The molecule has 0 fully saturated rings. The van der Waals surface area contributed by atoms with Crippen LogP contribution in [0.5, 0.6) is 0 Å². The topological polar surface area (TPSA) is 6.48 Å². The number of rotatable bonds is 10. The molecule has 330 valence electrons. The first-order valence-electron chi connectivity index (χ1n) is 23.9. The van der Waals surface area contributed by atoms with Gasteiger partial charge in [-0.05, 0) is 138 Å². The minimum Gasteiger partial charge on any atom is -0.310 e. The third kappa shape index (κ3) is 7.90. The van der Waals surface area contributed by atoms with Gasteiger partial charge in [0.1, 0.15) is 0 Å². The molecule has 11 aromatic rings. The molecule has 0 aromatic heterocycles. The number of hydrogen-bond donors (Lipinski definition) is 0. The Hall–Kier alpha value is -7.51. The fourth-order valence-electron chi connectivity index (χ4n) is 10.2. The van der Waals surface area contributed by atoms with Crippen molar-refractivity contribution in [1.29, 1.82) is 0 Å². The van der Waals surface area contributed by atoms with Crippen LogP contribution >= 0.6 is 0 Å². The molecule has 0 radical (unpaired) electrons. The maximum absolute atomic E-state index is 2.46. The van der Waals surface area contributed by atoms with E-state index in [-0.39, 0.29) is 0 Å². The van der Waals surface area contributed by atoms with Gasteiger partial charge in [0.15, 0.2) is 0 Å². The van der Waals surface area contributed by atoms with E-state index in [1.165, 1.54) is 75.7 Å². The van der Waals surface area contributed by atoms with Crippen molar-refractivity contribution in [2.45, 2.75) is 39.3 Å². The predicted molar refractivity (Wildman–Crippen MR) is 303 cm³/mol. The van der Waals surface area contributed by atoms with Gasteiger partial charge in [0.2, 0.25) is 0 Å². The molecule has 0 N–H and O–H groups in total. The number of hydrogen-bond acceptors (Lipinski definition) is 2. The minimum atomic E-state index is -1.52. The highest BCUT2D eigenvalue weighted by Gasteiger charge is 2.25. The van der Waals surface area contributed by atoms with Crippen LogP contribution in [0, 0.1) is 0 Å². The highest BCUT2D eigenvalue weighted by atomic mass is 28.3. The van der Waals surface area contributed by atoms with Gasteiger partial charge in [0, 0.05) is 34.1 Å². The first-order chi connectivity index (χ1) is 33.0. The number of anilines is 6. The van der Waals surface area contributed by atoms with Gasteiger partial charge in [-0.25, -0.2) is 0 Å². The maximum Gasteiger partial charge on any atom is 0.0775 e. The van der Waals surface area contributed by atoms with Crippen LogP contribution in [0.15, 0.2) is 231 Å². The van der Waals surface area contributed by atoms with Gasteiger partial charge in [0.05, 0.1) is 16.1 Å². The molecule has 0 amide bonds. The van der Waals surface area contributed by atoms with Gasteiger partial charge >= 0.3 is 0 Å². The Morgan fingerprint density at radius 2 is 0.574 bits per heavy atom. The molecule has 2 nitrogen and oxygen atoms in total. The van der Waals surface area contributed by atoms with Gasteiger partial charge in [0.25, 0.3) is 0 Å². The number of para-hydroxylation sites is 2. The summed E-state index contributed by atoms with van der Waals surface area (Å²) in [6, 6.07) is 86.1. The Kier molecular flexibility index (Phi) is 11.0. The van der Waals surface area contributed by atoms with Crippen LogP contribution in [0.3, 0.4) is 0 Å². The van der Waals surface area contributed by atoms with Crippen molar-refractivity contribution in [2.24, 2.45) is 0 Å². The van der Waals surface area contributed by atoms with Crippen molar-refractivity contribution in [3.8, 4) is 22.3 Å². The smallest absolute Gasteiger partial charge is 0.0775 e. The molecule has 0 atom stereocenters. The zero-order valence-electron chi connectivity index (χ0n) is 39.8. The van der Waals surface area contributed by atoms with E-state index < -0.39 is 16.1 Å². The lowest BCUT2D eigenvalue weighted by Crippen LogP contribution is -2.37. The Morgan fingerprint density at radius 1 is 0.250 bits per heavy atom. The van der Waals surface area contributed by atoms with Crippen molar-refractivity contribution in [2.75, 3.05) is 9.80 Å². The molecular formula is C64H56N2Si2. The Balaban J connectivity index is 1.26. The van der Waals surface area contributed by atoms with Crippen molar-refractivity contribution < 1.29 is 0 Å². The van der Waals surface area contributed by atoms with Crippen molar-refractivity contribution in [1.82, 2.24) is 0 Å². The zero-order chi connectivity index (χ0) is 46.6. The molecule has 0 saturated carbocycles. The second kappa shape index (κ2) is 17.3. The molecule has 0 aliphatic carbocycles. The summed E-state index contributed by atoms with van der Waals surface area (Å²) in [6.45, 7) is 14.5. The second-order valence-corrected chi connectivity index (χ2v) is 30.4. The van der Waals surface area contributed by atoms with E-state index in [1.54, 1.807) is 0 Å². The molecule has 0 saturated heterocycles. The lowest BCUT2D eigenvalue weighted by Gasteiger charge is -2.29. The summed E-state index contributed by atoms with van der Waals surface area (Å²) in [4.78, 5) is 4.85. The molecule has 0 aliphatic heterocycles. The highest BCUT2D eigenvalue weighted by molar-refractivity contribution is 6.89. The normalized spacial score (nSPS) is 12.0. The molecule has 11 rings (SSSR count). The molecule has 0 unspecified atom stereocenters. The second-order valence-electron chi connectivity index (χ2n) is 20.2. The molecule has 4 heteroatoms. The molecular weight excluding hydrogens is 853 g/mol. The standard InChI is InChI=1S/C64H56N2Si2/c1-67(2,3)53-37-31-49(32-38-53)65(47-23-9-7-10-24-47)51-35-41-59-61(43-51)63(57-29-17-21-45-19-13-15-27-55(45)57)60-42-36-52(44-62(60)64(59)58-30-18-22-46-20-14-16-28-56(46)58)66(48-25-11-8-12-26-48)50-33-39-54(40-34-50)68(4,5)6/h7-44H,1-6H3. The molecule has 0 heterocycles. The van der Waals surface area contributed by atoms with Crippen LogP contribution in [-0.2, 0) is 0 Å². The quantitative estimate of drug-likeness (QED) is 0.0996. The molecule has 68 heavy (non-hydrogen) atoms. The molecule has 0 spiro atoms. The summed E-state index contributed by atoms with van der Waals surface area (Å²) in [5, 5.41) is 12.7. The minimum absolute atomic E-state index is 1.11. The SMILES string of the molecule is C[Si](C)(C)c1ccc(N(c2ccccc2)c2ccc3c(-c4cccc5ccccc45)c4cc(N(c5ccccc5)c5ccc([Si](C)(C)C)cc5)ccc4c(-c4cccc5ccccc45)c3c2)cc1. The van der Waals surface area contributed by atoms with Crippen molar-refractivity contribution in [3.05, 3.63) is 231 Å². The Labute approximate surface area is 403 Å². The summed E-state index contributed by atoms with van der Waals surface area (Å²) < 4.78 is 0. The van der Waals surface area contributed by atoms with Crippen molar-refractivity contribution >= 4 is 104 Å². The summed E-state index contributed by atoms with van der Waals surface area (Å²) in [6.07, 6.45) is 0. The van der Waals surface area contributed by atoms with Gasteiger partial charge < -0.3 is 9.80 Å². The molecule has 0 aliphatic rings. The van der Waals surface area contributed by atoms with Crippen LogP contribution in [0.4, 0.5) is 34.1 Å². The first kappa shape index (κ1) is 43.1. The fraction of sp³-hybridized carbons (Fsp3) is 0.0938. The predicted octanol–water partition coefficient (Wildman–Crippen LogP) is 17.7. The van der Waals surface area contributed by atoms with Gasteiger partial charge in [-0.15, -0.1) is 0 Å². The van der Waals surface area contributed by atoms with Crippen LogP contribution in [0.25, 0.3) is 65.3 Å². The van der Waals surface area contributed by atoms with E-state index in [4.69, 9.17) is 0 Å². The molecule has 0 bridgehead atoms. The van der Waals surface area contributed by atoms with Crippen molar-refractivity contribution in [3.63, 3.8) is 0 Å². The summed E-state index contributed by atoms with van der Waals surface area (Å²) in [5.74, 6) is 0. The zero-order valence-corrected chi connectivity index (χ0v) is 41.8. The Morgan fingerprint density at radius 3 is 0.956 bits per heavy atom. The van der Waals surface area contributed by atoms with Crippen LogP contribution in [0.2, 0.25) is 39.3 Å². The van der Waals surface area contributed by atoms with Gasteiger partial charge in [-0.2, -0.15) is 0 Å². The first-order valence-corrected chi connectivity index (χ1v) is 30.9. The largest absolute Gasteiger partial charge is 0.310 e. The average Bonchev–Trinajstić information content (AvgIpc) is 3.36. The molecule has 11 aromatic carbocycles. The number of nitrogens with zero attached hydrogens (tertiary/aromatic N) is 2. The monoisotopic (exact) mass is 908 g/mol. The van der Waals surface area contributed by atoms with E-state index >= 15 is 0 Å². The van der Waals surface area contributed by atoms with Gasteiger partial charge in [-0.3, -0.25) is 0 Å². The summed E-state index contributed by atoms with van der Waals surface area (Å²) >= 11 is 0. The third-order valence-electron chi connectivity index (χ3n) is 13.7. The summed E-state index contributed by atoms with van der Waals surface area (Å²) in [7, 11) is -3.03. The van der Waals surface area contributed by atoms with E-state index in [0.29, 0.717) is 0 Å². The lowest BCUT2D eigenvalue weighted by atomic mass is 9.83. The van der Waals surface area contributed by atoms with E-state index in [2.05, 4.69) is 280 Å². The lowest BCUT2D eigenvalue weighted by molar-refractivity contribution is 1.29. The van der Waals surface area contributed by atoms with Crippen LogP contribution in [-0.4, -0.2) is 16.1 Å². The third-order valence-corrected chi connectivity index (χ3v) is 17.9. The average molecular weight is 909 g/mol. The fourth-order valence-corrected chi connectivity index (χ4v) is 12.6. The summed E-state index contributed by atoms with van der Waals surface area (Å²) in [5.41, 5.74) is 11.7. The van der Waals surface area contributed by atoms with Crippen LogP contribution in [0.1, 0.15) is 0 Å². The van der Waals surface area contributed by atoms with Crippen LogP contribution < -0.4 is 20.2 Å². The van der Waals surface area contributed by atoms with E-state index in [1.807, 2.05) is 0 Å². The van der Waals surface area contributed by atoms with E-state index in [0.717, 1.165) is 34.1 Å². The Bertz CT molecular complexity index is 3370. The highest BCUT2D eigenvalue weighted by Crippen LogP contribution is 2.50. The number of benzene rings is 11. The maximum atomic E-state index is 2.46.